The molecule has 0 unspecified atom stereocenters. The van der Waals surface area contributed by atoms with Gasteiger partial charge in [-0.1, -0.05) is 84.9 Å². The number of carbonyl (C=O) groups excluding carboxylic acids is 1. The molecule has 0 spiro atoms. The molecule has 0 radical (unpaired) electrons. The molecule has 0 saturated carbocycles. The lowest BCUT2D eigenvalue weighted by atomic mass is 9.97. The van der Waals surface area contributed by atoms with E-state index in [1.54, 1.807) is 6.92 Å². The first-order chi connectivity index (χ1) is 17.3. The number of ether oxygens (including phenoxy) is 4. The first kappa shape index (κ1) is 26.2. The summed E-state index contributed by atoms with van der Waals surface area (Å²) in [5.74, 6) is 0. The van der Waals surface area contributed by atoms with Crippen molar-refractivity contribution in [2.24, 2.45) is 0 Å². The highest BCUT2D eigenvalue weighted by atomic mass is 35.5. The summed E-state index contributed by atoms with van der Waals surface area (Å²) in [7, 11) is 0. The molecule has 2 heterocycles. The number of aromatic nitrogens is 2. The summed E-state index contributed by atoms with van der Waals surface area (Å²) in [5, 5.41) is -1.12. The van der Waals surface area contributed by atoms with Gasteiger partial charge in [-0.15, -0.1) is 0 Å². The zero-order valence-electron chi connectivity index (χ0n) is 19.3. The fraction of sp³-hybridized carbons (Fsp3) is 0.320. The lowest BCUT2D eigenvalue weighted by Crippen LogP contribution is -2.47. The molecule has 0 aliphatic carbocycles. The first-order valence-corrected chi connectivity index (χ1v) is 11.9. The van der Waals surface area contributed by atoms with Gasteiger partial charge in [-0.05, 0) is 18.1 Å². The zero-order valence-corrected chi connectivity index (χ0v) is 21.0. The van der Waals surface area contributed by atoms with Crippen LogP contribution in [0.1, 0.15) is 24.3 Å². The third kappa shape index (κ3) is 6.08. The van der Waals surface area contributed by atoms with Crippen molar-refractivity contribution in [3.8, 4) is 0 Å². The number of carbonyl (C=O) groups is 1. The predicted octanol–water partition coefficient (Wildman–Crippen LogP) is 3.71. The summed E-state index contributed by atoms with van der Waals surface area (Å²) in [6, 6.07) is 19.0. The molecule has 9 nitrogen and oxygen atoms in total. The van der Waals surface area contributed by atoms with Gasteiger partial charge in [0.05, 0.1) is 19.8 Å². The Morgan fingerprint density at radius 3 is 2.31 bits per heavy atom. The van der Waals surface area contributed by atoms with Crippen LogP contribution in [0, 0.1) is 0 Å². The van der Waals surface area contributed by atoms with Crippen LogP contribution in [-0.4, -0.2) is 39.3 Å². The molecule has 11 heteroatoms. The Balaban J connectivity index is 1.66. The quantitative estimate of drug-likeness (QED) is 0.319. The monoisotopic (exact) mass is 532 g/mol. The second-order valence-electron chi connectivity index (χ2n) is 8.51. The molecule has 36 heavy (non-hydrogen) atoms. The van der Waals surface area contributed by atoms with Gasteiger partial charge in [-0.25, -0.2) is 9.59 Å². The van der Waals surface area contributed by atoms with E-state index in [1.807, 2.05) is 60.7 Å². The van der Waals surface area contributed by atoms with Crippen LogP contribution >= 0.6 is 24.2 Å². The van der Waals surface area contributed by atoms with Crippen LogP contribution < -0.4 is 11.2 Å². The average molecular weight is 533 g/mol. The van der Waals surface area contributed by atoms with E-state index in [-0.39, 0.29) is 18.2 Å². The highest BCUT2D eigenvalue weighted by molar-refractivity contribution is 7.96. The van der Waals surface area contributed by atoms with E-state index in [9.17, 15) is 14.4 Å². The zero-order chi connectivity index (χ0) is 25.7. The van der Waals surface area contributed by atoms with Gasteiger partial charge in [0, 0.05) is 6.20 Å². The predicted molar refractivity (Wildman–Crippen MR) is 135 cm³/mol. The SMILES string of the molecule is C[C@]1(COCc2ccccc2)O[C@@H](n2cc(Cl)c(=O)[nH]c2=O)[C@H](OC(=O)S)[C@@H]1OCc1ccccc1. The number of nitrogens with zero attached hydrogens (tertiary/aromatic N) is 1. The number of rotatable bonds is 9. The minimum atomic E-state index is -1.17. The third-order valence-electron chi connectivity index (χ3n) is 5.78. The number of benzene rings is 2. The Labute approximate surface area is 217 Å². The fourth-order valence-electron chi connectivity index (χ4n) is 4.10. The molecule has 1 aromatic heterocycles. The van der Waals surface area contributed by atoms with Gasteiger partial charge in [0.15, 0.2) is 12.3 Å². The minimum absolute atomic E-state index is 0.0459. The van der Waals surface area contributed by atoms with Gasteiger partial charge in [-0.2, -0.15) is 0 Å². The Morgan fingerprint density at radius 1 is 1.08 bits per heavy atom. The van der Waals surface area contributed by atoms with Crippen molar-refractivity contribution in [3.63, 3.8) is 0 Å². The van der Waals surface area contributed by atoms with Gasteiger partial charge < -0.3 is 18.9 Å². The Morgan fingerprint density at radius 2 is 1.69 bits per heavy atom. The smallest absolute Gasteiger partial charge is 0.364 e. The van der Waals surface area contributed by atoms with E-state index in [1.165, 1.54) is 0 Å². The van der Waals surface area contributed by atoms with Crippen LogP contribution in [0.5, 0.6) is 0 Å². The van der Waals surface area contributed by atoms with Gasteiger partial charge in [-0.3, -0.25) is 14.3 Å². The van der Waals surface area contributed by atoms with Crippen molar-refractivity contribution in [1.29, 1.82) is 0 Å². The van der Waals surface area contributed by atoms with E-state index in [2.05, 4.69) is 17.6 Å². The van der Waals surface area contributed by atoms with Crippen LogP contribution in [0.3, 0.4) is 0 Å². The van der Waals surface area contributed by atoms with Crippen LogP contribution in [0.25, 0.3) is 0 Å². The summed E-state index contributed by atoms with van der Waals surface area (Å²) >= 11 is 9.75. The van der Waals surface area contributed by atoms with Crippen LogP contribution in [0.2, 0.25) is 5.02 Å². The molecule has 4 atom stereocenters. The molecule has 2 aromatic carbocycles. The Bertz CT molecular complexity index is 1300. The van der Waals surface area contributed by atoms with Crippen molar-refractivity contribution >= 4 is 29.5 Å². The van der Waals surface area contributed by atoms with Gasteiger partial charge in [0.1, 0.15) is 16.7 Å². The molecule has 1 aliphatic rings. The summed E-state index contributed by atoms with van der Waals surface area (Å²) in [4.78, 5) is 38.5. The standard InChI is InChI=1S/C25H25ClN2O7S/c1-25(15-32-13-16-8-4-2-5-9-16)20(33-14-17-10-6-3-7-11-17)19(34-24(31)36)22(35-25)28-12-18(26)21(29)27-23(28)30/h2-12,19-20,22H,13-15H2,1H3,(H,31,36)(H,27,29,30)/t19-,20+,22-,25-/m1/s1. The van der Waals surface area contributed by atoms with Crippen molar-refractivity contribution in [2.45, 2.75) is 44.2 Å². The first-order valence-electron chi connectivity index (χ1n) is 11.1. The van der Waals surface area contributed by atoms with Crippen molar-refractivity contribution < 1.29 is 23.7 Å². The molecular weight excluding hydrogens is 508 g/mol. The van der Waals surface area contributed by atoms with Crippen LogP contribution in [-0.2, 0) is 32.2 Å². The molecular formula is C25H25ClN2O7S. The Hall–Kier alpha value is -2.89. The molecule has 1 saturated heterocycles. The number of aromatic amines is 1. The van der Waals surface area contributed by atoms with Crippen molar-refractivity contribution in [3.05, 3.63) is 104 Å². The second kappa shape index (κ2) is 11.4. The summed E-state index contributed by atoms with van der Waals surface area (Å²) < 4.78 is 25.0. The Kier molecular flexibility index (Phi) is 8.32. The molecule has 1 fully saturated rings. The number of H-pyrrole nitrogens is 1. The van der Waals surface area contributed by atoms with E-state index in [0.717, 1.165) is 21.9 Å². The van der Waals surface area contributed by atoms with Gasteiger partial charge >= 0.3 is 11.0 Å². The summed E-state index contributed by atoms with van der Waals surface area (Å²) in [5.41, 5.74) is -0.854. The molecule has 0 bridgehead atoms. The molecule has 0 amide bonds. The van der Waals surface area contributed by atoms with E-state index in [4.69, 9.17) is 30.5 Å². The highest BCUT2D eigenvalue weighted by Crippen LogP contribution is 2.41. The number of halogens is 1. The second-order valence-corrected chi connectivity index (χ2v) is 9.28. The van der Waals surface area contributed by atoms with Gasteiger partial charge in [0.25, 0.3) is 5.56 Å². The van der Waals surface area contributed by atoms with Crippen molar-refractivity contribution in [2.75, 3.05) is 6.61 Å². The maximum Gasteiger partial charge on any atom is 0.364 e. The van der Waals surface area contributed by atoms with E-state index < -0.39 is 40.6 Å². The van der Waals surface area contributed by atoms with Gasteiger partial charge in [0.2, 0.25) is 0 Å². The maximum absolute atomic E-state index is 12.6. The number of hydrogen-bond donors (Lipinski definition) is 2. The lowest BCUT2D eigenvalue weighted by Gasteiger charge is -2.31. The molecule has 3 aromatic rings. The highest BCUT2D eigenvalue weighted by Gasteiger charge is 2.56. The summed E-state index contributed by atoms with van der Waals surface area (Å²) in [6.07, 6.45) is -2.01. The number of hydrogen-bond acceptors (Lipinski definition) is 7. The fourth-order valence-corrected chi connectivity index (χ4v) is 4.38. The molecule has 190 valence electrons. The van der Waals surface area contributed by atoms with Crippen molar-refractivity contribution in [1.82, 2.24) is 9.55 Å². The van der Waals surface area contributed by atoms with Crippen LogP contribution in [0.15, 0.2) is 76.4 Å². The van der Waals surface area contributed by atoms with E-state index >= 15 is 0 Å². The van der Waals surface area contributed by atoms with E-state index in [0.29, 0.717) is 6.61 Å². The summed E-state index contributed by atoms with van der Waals surface area (Å²) in [6.45, 7) is 2.27. The minimum Gasteiger partial charge on any atom is -0.447 e. The third-order valence-corrected chi connectivity index (χ3v) is 6.15. The maximum atomic E-state index is 12.6. The number of nitrogens with one attached hydrogen (secondary N) is 1. The normalized spacial score (nSPS) is 23.5. The largest absolute Gasteiger partial charge is 0.447 e. The van der Waals surface area contributed by atoms with Crippen LogP contribution in [0.4, 0.5) is 4.79 Å². The average Bonchev–Trinajstić information content (AvgIpc) is 3.12. The molecule has 1 aliphatic heterocycles. The molecule has 1 N–H and O–H groups in total. The lowest BCUT2D eigenvalue weighted by molar-refractivity contribution is -0.147. The molecule has 4 rings (SSSR count). The number of thiol groups is 1. The topological polar surface area (TPSA) is 109 Å².